The van der Waals surface area contributed by atoms with Crippen LogP contribution < -0.4 is 24.5 Å². The van der Waals surface area contributed by atoms with Gasteiger partial charge in [-0.3, -0.25) is 9.36 Å². The number of anilines is 2. The molecule has 5 aromatic rings. The lowest BCUT2D eigenvalue weighted by molar-refractivity contribution is -0.138. The molecule has 0 bridgehead atoms. The lowest BCUT2D eigenvalue weighted by atomic mass is 9.93. The second kappa shape index (κ2) is 11.9. The number of nitrogens with zero attached hydrogens (tertiary/aromatic N) is 3. The number of rotatable bonds is 6. The predicted molar refractivity (Wildman–Crippen MR) is 179 cm³/mol. The number of aromatic nitrogens is 1. The van der Waals surface area contributed by atoms with E-state index in [2.05, 4.69) is 36.2 Å². The molecule has 224 valence electrons. The van der Waals surface area contributed by atoms with Crippen LogP contribution in [0.2, 0.25) is 0 Å². The second-order valence-electron chi connectivity index (χ2n) is 10.6. The third-order valence-corrected chi connectivity index (χ3v) is 9.97. The van der Waals surface area contributed by atoms with E-state index in [4.69, 9.17) is 14.5 Å². The summed E-state index contributed by atoms with van der Waals surface area (Å²) in [6.07, 6.45) is 1.91. The van der Waals surface area contributed by atoms with Crippen molar-refractivity contribution in [2.45, 2.75) is 22.8 Å². The largest absolute Gasteiger partial charge is 0.497 e. The zero-order valence-corrected chi connectivity index (χ0v) is 26.5. The van der Waals surface area contributed by atoms with Gasteiger partial charge in [-0.05, 0) is 60.5 Å². The molecule has 0 unspecified atom stereocenters. The first-order valence-electron chi connectivity index (χ1n) is 14.5. The minimum Gasteiger partial charge on any atom is -0.497 e. The van der Waals surface area contributed by atoms with E-state index in [1.165, 1.54) is 21.9 Å². The van der Waals surface area contributed by atoms with Gasteiger partial charge < -0.3 is 14.4 Å². The van der Waals surface area contributed by atoms with E-state index >= 15 is 0 Å². The molecule has 0 saturated heterocycles. The number of hydrogen-bond acceptors (Lipinski definition) is 8. The van der Waals surface area contributed by atoms with Crippen LogP contribution in [0.4, 0.5) is 11.4 Å². The SMILES string of the molecule is CCOC(=O)C1=C(c2ccccc2)N=c2s/c(=C/c3ccc4c(c3)Sc3ccccc3N4C)c(=O)n2[C@@H]1c1cccc(OC)c1. The summed E-state index contributed by atoms with van der Waals surface area (Å²) in [5.74, 6) is 0.104. The highest BCUT2D eigenvalue weighted by atomic mass is 32.2. The molecule has 0 spiro atoms. The quantitative estimate of drug-likeness (QED) is 0.209. The average molecular weight is 632 g/mol. The molecule has 7 nitrogen and oxygen atoms in total. The Labute approximate surface area is 268 Å². The smallest absolute Gasteiger partial charge is 0.338 e. The topological polar surface area (TPSA) is 73.1 Å². The van der Waals surface area contributed by atoms with Crippen LogP contribution >= 0.6 is 23.1 Å². The third-order valence-electron chi connectivity index (χ3n) is 7.87. The van der Waals surface area contributed by atoms with Crippen LogP contribution in [0.5, 0.6) is 5.75 Å². The van der Waals surface area contributed by atoms with Crippen molar-refractivity contribution in [2.24, 2.45) is 4.99 Å². The third kappa shape index (κ3) is 5.18. The average Bonchev–Trinajstić information content (AvgIpc) is 3.38. The molecule has 0 radical (unpaired) electrons. The van der Waals surface area contributed by atoms with Gasteiger partial charge in [-0.25, -0.2) is 9.79 Å². The molecule has 3 heterocycles. The lowest BCUT2D eigenvalue weighted by Gasteiger charge is -2.29. The van der Waals surface area contributed by atoms with E-state index in [0.29, 0.717) is 26.4 Å². The highest BCUT2D eigenvalue weighted by Crippen LogP contribution is 2.47. The monoisotopic (exact) mass is 631 g/mol. The Morgan fingerprint density at radius 2 is 1.71 bits per heavy atom. The van der Waals surface area contributed by atoms with Crippen molar-refractivity contribution in [1.29, 1.82) is 0 Å². The molecule has 4 aromatic carbocycles. The van der Waals surface area contributed by atoms with Crippen molar-refractivity contribution in [2.75, 3.05) is 25.7 Å². The minimum absolute atomic E-state index is 0.190. The van der Waals surface area contributed by atoms with E-state index in [-0.39, 0.29) is 12.2 Å². The van der Waals surface area contributed by atoms with Crippen LogP contribution in [0.25, 0.3) is 11.8 Å². The molecule has 2 aliphatic rings. The van der Waals surface area contributed by atoms with E-state index in [9.17, 15) is 9.59 Å². The highest BCUT2D eigenvalue weighted by Gasteiger charge is 2.35. The van der Waals surface area contributed by atoms with Gasteiger partial charge in [0.15, 0.2) is 4.80 Å². The van der Waals surface area contributed by atoms with Gasteiger partial charge in [0.1, 0.15) is 5.75 Å². The highest BCUT2D eigenvalue weighted by molar-refractivity contribution is 7.99. The zero-order chi connectivity index (χ0) is 31.1. The molecule has 7 rings (SSSR count). The number of para-hydroxylation sites is 1. The molecular weight excluding hydrogens is 603 g/mol. The summed E-state index contributed by atoms with van der Waals surface area (Å²) in [5.41, 5.74) is 5.24. The number of thiazole rings is 1. The molecule has 1 aromatic heterocycles. The minimum atomic E-state index is -0.767. The molecule has 2 aliphatic heterocycles. The summed E-state index contributed by atoms with van der Waals surface area (Å²) in [5, 5.41) is 0. The maximum Gasteiger partial charge on any atom is 0.338 e. The lowest BCUT2D eigenvalue weighted by Crippen LogP contribution is -2.40. The molecule has 9 heteroatoms. The Hall–Kier alpha value is -4.86. The normalized spacial score (nSPS) is 15.6. The Balaban J connectivity index is 1.42. The summed E-state index contributed by atoms with van der Waals surface area (Å²) in [7, 11) is 3.66. The van der Waals surface area contributed by atoms with Crippen molar-refractivity contribution in [3.05, 3.63) is 139 Å². The van der Waals surface area contributed by atoms with Crippen LogP contribution in [0.1, 0.15) is 29.7 Å². The van der Waals surface area contributed by atoms with Gasteiger partial charge >= 0.3 is 5.97 Å². The maximum absolute atomic E-state index is 14.3. The van der Waals surface area contributed by atoms with Gasteiger partial charge in [-0.15, -0.1) is 0 Å². The summed E-state index contributed by atoms with van der Waals surface area (Å²) in [6, 6.07) is 30.8. The summed E-state index contributed by atoms with van der Waals surface area (Å²) >= 11 is 3.03. The molecule has 0 N–H and O–H groups in total. The zero-order valence-electron chi connectivity index (χ0n) is 24.9. The van der Waals surface area contributed by atoms with Crippen LogP contribution in [0.3, 0.4) is 0 Å². The van der Waals surface area contributed by atoms with Crippen molar-refractivity contribution in [3.63, 3.8) is 0 Å². The fraction of sp³-hybridized carbons (Fsp3) is 0.139. The van der Waals surface area contributed by atoms with Gasteiger partial charge in [-0.1, -0.05) is 83.8 Å². The van der Waals surface area contributed by atoms with Crippen LogP contribution in [0, 0.1) is 0 Å². The van der Waals surface area contributed by atoms with Crippen LogP contribution in [-0.4, -0.2) is 31.3 Å². The van der Waals surface area contributed by atoms with E-state index in [1.807, 2.05) is 78.9 Å². The summed E-state index contributed by atoms with van der Waals surface area (Å²) in [6.45, 7) is 1.96. The predicted octanol–water partition coefficient (Wildman–Crippen LogP) is 6.18. The number of carbonyl (C=O) groups is 1. The number of carbonyl (C=O) groups excluding carboxylic acids is 1. The summed E-state index contributed by atoms with van der Waals surface area (Å²) in [4.78, 5) is 37.9. The van der Waals surface area contributed by atoms with E-state index < -0.39 is 12.0 Å². The fourth-order valence-electron chi connectivity index (χ4n) is 5.77. The molecule has 0 fully saturated rings. The van der Waals surface area contributed by atoms with Crippen LogP contribution in [-0.2, 0) is 9.53 Å². The Morgan fingerprint density at radius 3 is 2.51 bits per heavy atom. The molecule has 1 atom stereocenters. The summed E-state index contributed by atoms with van der Waals surface area (Å²) < 4.78 is 13.2. The molecule has 0 saturated carbocycles. The number of esters is 1. The van der Waals surface area contributed by atoms with Gasteiger partial charge in [0.05, 0.1) is 46.9 Å². The fourth-order valence-corrected chi connectivity index (χ4v) is 7.97. The van der Waals surface area contributed by atoms with E-state index in [1.54, 1.807) is 30.4 Å². The number of ether oxygens (including phenoxy) is 2. The van der Waals surface area contributed by atoms with Crippen molar-refractivity contribution in [3.8, 4) is 5.75 Å². The number of fused-ring (bicyclic) bond motifs is 3. The number of methoxy groups -OCH3 is 1. The molecule has 0 aliphatic carbocycles. The molecule has 0 amide bonds. The first kappa shape index (κ1) is 28.9. The van der Waals surface area contributed by atoms with Gasteiger partial charge in [-0.2, -0.15) is 0 Å². The van der Waals surface area contributed by atoms with Gasteiger partial charge in [0.2, 0.25) is 0 Å². The first-order valence-corrected chi connectivity index (χ1v) is 16.2. The Morgan fingerprint density at radius 1 is 0.933 bits per heavy atom. The Bertz CT molecular complexity index is 2170. The first-order chi connectivity index (χ1) is 22.0. The standard InChI is InChI=1S/C36H29N3O4S2/c1-4-43-35(41)31-32(23-11-6-5-7-12-23)37-36-39(33(31)24-13-10-14-25(21-24)42-3)34(40)30(45-36)20-22-17-18-27-29(19-22)44-28-16-9-8-15-26(28)38(27)2/h5-21,33H,4H2,1-3H3/b30-20+/t33-/m1/s1. The Kier molecular flexibility index (Phi) is 7.64. The van der Waals surface area contributed by atoms with Gasteiger partial charge in [0.25, 0.3) is 5.56 Å². The van der Waals surface area contributed by atoms with Crippen LogP contribution in [0.15, 0.2) is 122 Å². The maximum atomic E-state index is 14.3. The van der Waals surface area contributed by atoms with E-state index in [0.717, 1.165) is 27.3 Å². The molecule has 45 heavy (non-hydrogen) atoms. The van der Waals surface area contributed by atoms with Gasteiger partial charge in [0, 0.05) is 22.4 Å². The number of hydrogen-bond donors (Lipinski definition) is 0. The van der Waals surface area contributed by atoms with Crippen molar-refractivity contribution >= 4 is 52.2 Å². The second-order valence-corrected chi connectivity index (χ2v) is 12.7. The molecular formula is C36H29N3O4S2. The van der Waals surface area contributed by atoms with Crippen molar-refractivity contribution in [1.82, 2.24) is 4.57 Å². The van der Waals surface area contributed by atoms with Crippen molar-refractivity contribution < 1.29 is 14.3 Å². The number of benzene rings is 4.